The molecule has 4 atom stereocenters. The molecule has 0 spiro atoms. The van der Waals surface area contributed by atoms with Crippen LogP contribution in [0.5, 0.6) is 0 Å². The molecule has 0 aromatic carbocycles. The van der Waals surface area contributed by atoms with Crippen LogP contribution in [-0.2, 0) is 4.74 Å². The summed E-state index contributed by atoms with van der Waals surface area (Å²) < 4.78 is 5.59. The van der Waals surface area contributed by atoms with Crippen LogP contribution in [0, 0.1) is 17.8 Å². The van der Waals surface area contributed by atoms with E-state index in [1.807, 2.05) is 0 Å². The molecular formula is C18H27NO2. The van der Waals surface area contributed by atoms with E-state index in [0.717, 1.165) is 25.1 Å². The Balaban J connectivity index is 1.84. The van der Waals surface area contributed by atoms with Gasteiger partial charge in [0.05, 0.1) is 12.9 Å². The Bertz CT molecular complexity index is 466. The van der Waals surface area contributed by atoms with Crippen molar-refractivity contribution in [2.24, 2.45) is 17.8 Å². The van der Waals surface area contributed by atoms with Crippen LogP contribution in [0.3, 0.4) is 0 Å². The van der Waals surface area contributed by atoms with Crippen molar-refractivity contribution in [1.29, 1.82) is 0 Å². The number of likely N-dealkylation sites (tertiary alicyclic amines) is 1. The Morgan fingerprint density at radius 1 is 1.33 bits per heavy atom. The number of hydrogen-bond donors (Lipinski definition) is 1. The van der Waals surface area contributed by atoms with Crippen molar-refractivity contribution in [1.82, 2.24) is 4.90 Å². The van der Waals surface area contributed by atoms with E-state index in [0.29, 0.717) is 23.8 Å². The predicted octanol–water partition coefficient (Wildman–Crippen LogP) is 3.09. The van der Waals surface area contributed by atoms with E-state index in [1.54, 1.807) is 7.11 Å². The molecule has 3 rings (SSSR count). The number of nitrogens with zero attached hydrogens (tertiary/aromatic N) is 1. The summed E-state index contributed by atoms with van der Waals surface area (Å²) in [7, 11) is 1.79. The smallest absolute Gasteiger partial charge is 0.0995 e. The highest BCUT2D eigenvalue weighted by atomic mass is 16.5. The first-order chi connectivity index (χ1) is 10.3. The molecule has 0 aromatic heterocycles. The molecule has 3 nitrogen and oxygen atoms in total. The van der Waals surface area contributed by atoms with Gasteiger partial charge in [-0.1, -0.05) is 18.2 Å². The lowest BCUT2D eigenvalue weighted by atomic mass is 9.67. The van der Waals surface area contributed by atoms with Crippen LogP contribution >= 0.6 is 0 Å². The molecule has 1 heterocycles. The third-order valence-corrected chi connectivity index (χ3v) is 5.40. The summed E-state index contributed by atoms with van der Waals surface area (Å²) in [5, 5.41) is 9.15. The summed E-state index contributed by atoms with van der Waals surface area (Å²) in [5.41, 5.74) is 1.52. The van der Waals surface area contributed by atoms with Gasteiger partial charge >= 0.3 is 0 Å². The first-order valence-corrected chi connectivity index (χ1v) is 8.26. The molecule has 3 heteroatoms. The minimum atomic E-state index is 0.281. The summed E-state index contributed by atoms with van der Waals surface area (Å²) in [6.45, 7) is 3.58. The van der Waals surface area contributed by atoms with E-state index in [2.05, 4.69) is 36.1 Å². The number of ether oxygens (including phenoxy) is 1. The largest absolute Gasteiger partial charge is 0.501 e. The van der Waals surface area contributed by atoms with Crippen molar-refractivity contribution >= 4 is 0 Å². The molecule has 1 fully saturated rings. The number of piperidine rings is 1. The zero-order chi connectivity index (χ0) is 14.8. The highest BCUT2D eigenvalue weighted by Gasteiger charge is 2.41. The molecule has 21 heavy (non-hydrogen) atoms. The molecular weight excluding hydrogens is 262 g/mol. The molecule has 1 aliphatic heterocycles. The fraction of sp³-hybridized carbons (Fsp3) is 0.667. The fourth-order valence-corrected chi connectivity index (χ4v) is 4.32. The molecule has 116 valence electrons. The van der Waals surface area contributed by atoms with E-state index in [1.165, 1.54) is 18.5 Å². The minimum Gasteiger partial charge on any atom is -0.501 e. The Labute approximate surface area is 128 Å². The summed E-state index contributed by atoms with van der Waals surface area (Å²) in [6.07, 6.45) is 13.6. The van der Waals surface area contributed by atoms with E-state index < -0.39 is 0 Å². The molecule has 0 saturated carbocycles. The van der Waals surface area contributed by atoms with Crippen LogP contribution in [0.25, 0.3) is 0 Å². The third-order valence-electron chi connectivity index (χ3n) is 5.40. The van der Waals surface area contributed by atoms with Gasteiger partial charge in [-0.3, -0.25) is 0 Å². The lowest BCUT2D eigenvalue weighted by Crippen LogP contribution is -2.45. The Hall–Kier alpha value is -1.22. The van der Waals surface area contributed by atoms with Crippen molar-refractivity contribution in [3.63, 3.8) is 0 Å². The third kappa shape index (κ3) is 2.64. The molecule has 3 aliphatic rings. The molecule has 2 aliphatic carbocycles. The van der Waals surface area contributed by atoms with E-state index in [9.17, 15) is 0 Å². The number of fused-ring (bicyclic) bond motifs is 3. The maximum Gasteiger partial charge on any atom is 0.0995 e. The number of aliphatic hydroxyl groups excluding tert-OH is 1. The average molecular weight is 289 g/mol. The van der Waals surface area contributed by atoms with Gasteiger partial charge < -0.3 is 14.7 Å². The van der Waals surface area contributed by atoms with Crippen LogP contribution in [0.1, 0.15) is 32.6 Å². The summed E-state index contributed by atoms with van der Waals surface area (Å²) >= 11 is 0. The number of aliphatic hydroxyl groups is 1. The summed E-state index contributed by atoms with van der Waals surface area (Å²) in [6, 6.07) is 0.598. The van der Waals surface area contributed by atoms with Crippen LogP contribution in [0.2, 0.25) is 0 Å². The topological polar surface area (TPSA) is 32.7 Å². The van der Waals surface area contributed by atoms with Crippen LogP contribution in [0.15, 0.2) is 35.8 Å². The standard InChI is InChI=1S/C18H27NO2/c1-13-7-8-15-14-5-3-6-18(21-2)16(14)9-10-17(15)19(13)11-4-12-20/h3,5-6,10,13-16,20H,4,7-9,11-12H2,1-2H3/t13?,14?,15-,16?/m0/s1. The lowest BCUT2D eigenvalue weighted by molar-refractivity contribution is 0.106. The zero-order valence-electron chi connectivity index (χ0n) is 13.2. The van der Waals surface area contributed by atoms with Gasteiger partial charge in [-0.25, -0.2) is 0 Å². The lowest BCUT2D eigenvalue weighted by Gasteiger charge is -2.48. The Morgan fingerprint density at radius 2 is 2.19 bits per heavy atom. The second-order valence-corrected chi connectivity index (χ2v) is 6.51. The van der Waals surface area contributed by atoms with Crippen molar-refractivity contribution < 1.29 is 9.84 Å². The number of methoxy groups -OCH3 is 1. The number of allylic oxidation sites excluding steroid dienone is 6. The quantitative estimate of drug-likeness (QED) is 0.863. The van der Waals surface area contributed by atoms with Crippen molar-refractivity contribution in [3.8, 4) is 0 Å². The van der Waals surface area contributed by atoms with Crippen LogP contribution in [0.4, 0.5) is 0 Å². The average Bonchev–Trinajstić information content (AvgIpc) is 2.52. The molecule has 0 radical (unpaired) electrons. The Morgan fingerprint density at radius 3 is 2.95 bits per heavy atom. The first-order valence-electron chi connectivity index (χ1n) is 8.26. The summed E-state index contributed by atoms with van der Waals surface area (Å²) in [4.78, 5) is 2.54. The summed E-state index contributed by atoms with van der Waals surface area (Å²) in [5.74, 6) is 2.85. The van der Waals surface area contributed by atoms with Crippen molar-refractivity contribution in [3.05, 3.63) is 35.8 Å². The second kappa shape index (κ2) is 6.27. The van der Waals surface area contributed by atoms with Crippen LogP contribution in [-0.4, -0.2) is 36.3 Å². The number of hydrogen-bond acceptors (Lipinski definition) is 3. The zero-order valence-corrected chi connectivity index (χ0v) is 13.2. The van der Waals surface area contributed by atoms with Gasteiger partial charge in [0.2, 0.25) is 0 Å². The normalized spacial score (nSPS) is 34.7. The predicted molar refractivity (Wildman–Crippen MR) is 84.5 cm³/mol. The van der Waals surface area contributed by atoms with Gasteiger partial charge in [-0.15, -0.1) is 0 Å². The number of rotatable bonds is 4. The van der Waals surface area contributed by atoms with Gasteiger partial charge in [0.15, 0.2) is 0 Å². The van der Waals surface area contributed by atoms with E-state index in [4.69, 9.17) is 9.84 Å². The van der Waals surface area contributed by atoms with E-state index >= 15 is 0 Å². The first kappa shape index (κ1) is 14.7. The Kier molecular flexibility index (Phi) is 4.39. The SMILES string of the molecule is COC1=CC=CC2C1CC=C1[C@H]2CCC(C)N1CCCO. The van der Waals surface area contributed by atoms with Gasteiger partial charge in [0.1, 0.15) is 0 Å². The highest BCUT2D eigenvalue weighted by molar-refractivity contribution is 5.28. The maximum atomic E-state index is 9.15. The van der Waals surface area contributed by atoms with E-state index in [-0.39, 0.29) is 6.61 Å². The molecule has 0 aromatic rings. The van der Waals surface area contributed by atoms with Gasteiger partial charge in [-0.05, 0) is 44.6 Å². The highest BCUT2D eigenvalue weighted by Crippen LogP contribution is 2.47. The van der Waals surface area contributed by atoms with Gasteiger partial charge in [0.25, 0.3) is 0 Å². The molecule has 0 bridgehead atoms. The molecule has 1 saturated heterocycles. The monoisotopic (exact) mass is 289 g/mol. The van der Waals surface area contributed by atoms with Gasteiger partial charge in [0, 0.05) is 36.7 Å². The minimum absolute atomic E-state index is 0.281. The maximum absolute atomic E-state index is 9.15. The molecule has 0 amide bonds. The van der Waals surface area contributed by atoms with Crippen molar-refractivity contribution in [2.45, 2.75) is 38.6 Å². The van der Waals surface area contributed by atoms with Gasteiger partial charge in [-0.2, -0.15) is 0 Å². The van der Waals surface area contributed by atoms with Crippen molar-refractivity contribution in [2.75, 3.05) is 20.3 Å². The van der Waals surface area contributed by atoms with Crippen LogP contribution < -0.4 is 0 Å². The molecule has 1 N–H and O–H groups in total. The second-order valence-electron chi connectivity index (χ2n) is 6.51. The molecule has 3 unspecified atom stereocenters. The fourth-order valence-electron chi connectivity index (χ4n) is 4.32.